The summed E-state index contributed by atoms with van der Waals surface area (Å²) in [6, 6.07) is 1.87. The molecule has 0 aliphatic heterocycles. The molecule has 6 nitrogen and oxygen atoms in total. The zero-order valence-corrected chi connectivity index (χ0v) is 9.45. The molecule has 92 valence electrons. The van der Waals surface area contributed by atoms with E-state index in [1.165, 1.54) is 6.92 Å². The summed E-state index contributed by atoms with van der Waals surface area (Å²) in [6.07, 6.45) is 0. The van der Waals surface area contributed by atoms with Gasteiger partial charge in [-0.3, -0.25) is 19.7 Å². The topological polar surface area (TPSA) is 81.5 Å². The predicted molar refractivity (Wildman–Crippen MR) is 56.7 cm³/mol. The first-order valence-corrected chi connectivity index (χ1v) is 4.81. The summed E-state index contributed by atoms with van der Waals surface area (Å²) in [4.78, 5) is 25.0. The van der Waals surface area contributed by atoms with Crippen molar-refractivity contribution in [2.75, 3.05) is 0 Å². The molecule has 8 heteroatoms. The van der Waals surface area contributed by atoms with Gasteiger partial charge in [-0.1, -0.05) is 11.6 Å². The van der Waals surface area contributed by atoms with Crippen LogP contribution in [0.15, 0.2) is 12.1 Å². The number of nitrogens with zero attached hydrogens (tertiary/aromatic N) is 1. The lowest BCUT2D eigenvalue weighted by molar-refractivity contribution is -0.384. The number of hydrogen-bond donors (Lipinski definition) is 1. The van der Waals surface area contributed by atoms with Crippen molar-refractivity contribution < 1.29 is 18.9 Å². The smallest absolute Gasteiger partial charge is 0.273 e. The monoisotopic (exact) mass is 262 g/mol. The Bertz CT molecular complexity index is 467. The van der Waals surface area contributed by atoms with Crippen LogP contribution in [0.5, 0.6) is 0 Å². The highest BCUT2D eigenvalue weighted by Crippen LogP contribution is 2.30. The third kappa shape index (κ3) is 3.36. The molecule has 0 aliphatic rings. The van der Waals surface area contributed by atoms with Crippen LogP contribution in [-0.2, 0) is 16.2 Å². The van der Waals surface area contributed by atoms with Crippen LogP contribution in [0.3, 0.4) is 0 Å². The molecule has 1 aromatic rings. The van der Waals surface area contributed by atoms with Crippen molar-refractivity contribution in [1.29, 1.82) is 0 Å². The minimum atomic E-state index is -0.744. The number of carbonyl (C=O) groups is 1. The second kappa shape index (κ2) is 5.55. The van der Waals surface area contributed by atoms with Gasteiger partial charge in [0.2, 0.25) is 5.91 Å². The minimum Gasteiger partial charge on any atom is -0.273 e. The summed E-state index contributed by atoms with van der Waals surface area (Å²) >= 11 is 5.65. The van der Waals surface area contributed by atoms with Crippen LogP contribution in [-0.4, -0.2) is 10.8 Å². The number of nitrogens with one attached hydrogen (secondary N) is 1. The van der Waals surface area contributed by atoms with Crippen molar-refractivity contribution >= 4 is 23.2 Å². The van der Waals surface area contributed by atoms with Gasteiger partial charge in [-0.25, -0.2) is 9.87 Å². The second-order valence-corrected chi connectivity index (χ2v) is 3.44. The van der Waals surface area contributed by atoms with Gasteiger partial charge in [0.25, 0.3) is 5.69 Å². The number of nitro benzene ring substituents is 1. The van der Waals surface area contributed by atoms with Gasteiger partial charge >= 0.3 is 0 Å². The molecule has 0 bridgehead atoms. The van der Waals surface area contributed by atoms with E-state index in [1.54, 1.807) is 0 Å². The number of benzene rings is 1. The van der Waals surface area contributed by atoms with E-state index in [2.05, 4.69) is 4.84 Å². The van der Waals surface area contributed by atoms with Gasteiger partial charge in [-0.2, -0.15) is 0 Å². The van der Waals surface area contributed by atoms with E-state index in [0.717, 1.165) is 12.1 Å². The lowest BCUT2D eigenvalue weighted by Gasteiger charge is -2.07. The second-order valence-electron chi connectivity index (χ2n) is 3.06. The zero-order valence-electron chi connectivity index (χ0n) is 8.70. The highest BCUT2D eigenvalue weighted by atomic mass is 35.5. The number of hydroxylamine groups is 1. The average molecular weight is 263 g/mol. The molecule has 1 rings (SSSR count). The van der Waals surface area contributed by atoms with Crippen molar-refractivity contribution in [2.45, 2.75) is 13.5 Å². The number of nitro groups is 1. The van der Waals surface area contributed by atoms with E-state index in [9.17, 15) is 19.3 Å². The number of carbonyl (C=O) groups excluding carboxylic acids is 1. The molecule has 0 unspecified atom stereocenters. The Balaban J connectivity index is 2.93. The van der Waals surface area contributed by atoms with E-state index in [0.29, 0.717) is 0 Å². The molecule has 1 aromatic carbocycles. The van der Waals surface area contributed by atoms with Crippen LogP contribution in [0.4, 0.5) is 10.1 Å². The fraction of sp³-hybridized carbons (Fsp3) is 0.222. The number of halogens is 2. The molecule has 0 saturated heterocycles. The van der Waals surface area contributed by atoms with E-state index >= 15 is 0 Å². The van der Waals surface area contributed by atoms with Crippen LogP contribution in [0.1, 0.15) is 12.5 Å². The molecule has 0 spiro atoms. The first kappa shape index (κ1) is 13.3. The molecule has 0 heterocycles. The molecular formula is C9H8ClFN2O4. The Labute approximate surface area is 100 Å². The van der Waals surface area contributed by atoms with Crippen LogP contribution in [0, 0.1) is 15.9 Å². The van der Waals surface area contributed by atoms with Crippen molar-refractivity contribution in [1.82, 2.24) is 5.48 Å². The molecule has 0 saturated carbocycles. The maximum absolute atomic E-state index is 13.3. The molecule has 1 N–H and O–H groups in total. The standard InChI is InChI=1S/C9H8ClFN2O4/c1-5(14)12-17-4-6-7(11)2-3-8(9(6)10)13(15)16/h2-3H,4H2,1H3,(H,12,14). The first-order chi connectivity index (χ1) is 7.93. The van der Waals surface area contributed by atoms with Gasteiger partial charge in [0.1, 0.15) is 17.4 Å². The van der Waals surface area contributed by atoms with Gasteiger partial charge in [-0.05, 0) is 6.07 Å². The summed E-state index contributed by atoms with van der Waals surface area (Å²) in [5.74, 6) is -1.22. The number of amides is 1. The third-order valence-corrected chi connectivity index (χ3v) is 2.22. The van der Waals surface area contributed by atoms with Crippen LogP contribution in [0.2, 0.25) is 5.02 Å². The summed E-state index contributed by atoms with van der Waals surface area (Å²) < 4.78 is 13.3. The Morgan fingerprint density at radius 3 is 2.82 bits per heavy atom. The van der Waals surface area contributed by atoms with Crippen molar-refractivity contribution in [3.63, 3.8) is 0 Å². The van der Waals surface area contributed by atoms with Gasteiger partial charge < -0.3 is 0 Å². The maximum atomic E-state index is 13.3. The Morgan fingerprint density at radius 2 is 2.29 bits per heavy atom. The Morgan fingerprint density at radius 1 is 1.65 bits per heavy atom. The van der Waals surface area contributed by atoms with Crippen molar-refractivity contribution in [2.24, 2.45) is 0 Å². The summed E-state index contributed by atoms with van der Waals surface area (Å²) in [7, 11) is 0. The molecule has 17 heavy (non-hydrogen) atoms. The number of rotatable bonds is 4. The van der Waals surface area contributed by atoms with E-state index in [4.69, 9.17) is 11.6 Å². The molecule has 0 aromatic heterocycles. The summed E-state index contributed by atoms with van der Waals surface area (Å²) in [5.41, 5.74) is 1.36. The maximum Gasteiger partial charge on any atom is 0.288 e. The van der Waals surface area contributed by atoms with Gasteiger partial charge in [-0.15, -0.1) is 0 Å². The lowest BCUT2D eigenvalue weighted by atomic mass is 10.2. The molecular weight excluding hydrogens is 255 g/mol. The Kier molecular flexibility index (Phi) is 4.36. The van der Waals surface area contributed by atoms with Gasteiger partial charge in [0.15, 0.2) is 0 Å². The largest absolute Gasteiger partial charge is 0.288 e. The molecule has 1 amide bonds. The van der Waals surface area contributed by atoms with Crippen molar-refractivity contribution in [3.05, 3.63) is 38.7 Å². The fourth-order valence-electron chi connectivity index (χ4n) is 1.07. The zero-order chi connectivity index (χ0) is 13.0. The molecule has 0 atom stereocenters. The normalized spacial score (nSPS) is 10.1. The SMILES string of the molecule is CC(=O)NOCc1c(F)ccc([N+](=O)[O-])c1Cl. The van der Waals surface area contributed by atoms with Crippen molar-refractivity contribution in [3.8, 4) is 0 Å². The quantitative estimate of drug-likeness (QED) is 0.664. The molecule has 0 fully saturated rings. The highest BCUT2D eigenvalue weighted by Gasteiger charge is 2.19. The summed E-state index contributed by atoms with van der Waals surface area (Å²) in [6.45, 7) is 0.803. The van der Waals surface area contributed by atoms with E-state index < -0.39 is 28.9 Å². The highest BCUT2D eigenvalue weighted by molar-refractivity contribution is 6.33. The number of hydrogen-bond acceptors (Lipinski definition) is 4. The average Bonchev–Trinajstić information content (AvgIpc) is 2.21. The molecule has 0 radical (unpaired) electrons. The van der Waals surface area contributed by atoms with Crippen LogP contribution in [0.25, 0.3) is 0 Å². The minimum absolute atomic E-state index is 0.186. The van der Waals surface area contributed by atoms with Crippen LogP contribution < -0.4 is 5.48 Å². The van der Waals surface area contributed by atoms with E-state index in [1.807, 2.05) is 5.48 Å². The summed E-state index contributed by atoms with van der Waals surface area (Å²) in [5, 5.41) is 10.2. The lowest BCUT2D eigenvalue weighted by Crippen LogP contribution is -2.20. The fourth-order valence-corrected chi connectivity index (χ4v) is 1.35. The third-order valence-electron chi connectivity index (χ3n) is 1.79. The molecule has 0 aliphatic carbocycles. The Hall–Kier alpha value is -1.73. The van der Waals surface area contributed by atoms with Gasteiger partial charge in [0.05, 0.1) is 4.92 Å². The van der Waals surface area contributed by atoms with Crippen LogP contribution >= 0.6 is 11.6 Å². The van der Waals surface area contributed by atoms with E-state index in [-0.39, 0.29) is 10.6 Å². The first-order valence-electron chi connectivity index (χ1n) is 4.43. The van der Waals surface area contributed by atoms with Gasteiger partial charge in [0, 0.05) is 18.6 Å². The predicted octanol–water partition coefficient (Wildman–Crippen LogP) is 1.95.